The minimum atomic E-state index is -5.05. The number of anilines is 1. The summed E-state index contributed by atoms with van der Waals surface area (Å²) >= 11 is 0. The smallest absolute Gasteiger partial charge is 0.452 e. The molecule has 1 fully saturated rings. The number of amides is 2. The number of alkyl halides is 3. The maximum absolute atomic E-state index is 14.0. The van der Waals surface area contributed by atoms with E-state index >= 15 is 0 Å². The van der Waals surface area contributed by atoms with Crippen molar-refractivity contribution in [3.05, 3.63) is 71.4 Å². The molecule has 1 saturated carbocycles. The normalized spacial score (nSPS) is 17.3. The minimum Gasteiger partial charge on any atom is -0.481 e. The molecule has 2 amide bonds. The number of hydrogen-bond acceptors (Lipinski definition) is 5. The molecule has 3 aromatic rings. The van der Waals surface area contributed by atoms with Gasteiger partial charge in [0.2, 0.25) is 17.6 Å². The van der Waals surface area contributed by atoms with Crippen molar-refractivity contribution in [1.29, 1.82) is 0 Å². The number of nitrogens with one attached hydrogen (secondary N) is 2. The lowest BCUT2D eigenvalue weighted by Crippen LogP contribution is -2.29. The molecule has 4 rings (SSSR count). The predicted molar refractivity (Wildman–Crippen MR) is 136 cm³/mol. The maximum Gasteiger partial charge on any atom is 0.452 e. The van der Waals surface area contributed by atoms with Crippen molar-refractivity contribution in [3.8, 4) is 11.5 Å². The quantitative estimate of drug-likeness (QED) is 0.275. The lowest BCUT2D eigenvalue weighted by molar-refractivity contribution is -0.153. The van der Waals surface area contributed by atoms with E-state index in [2.05, 4.69) is 15.6 Å². The highest BCUT2D eigenvalue weighted by Gasteiger charge is 2.42. The number of nitrogens with zero attached hydrogens (tertiary/aromatic N) is 1. The standard InChI is InChI=1S/C28H27F4N3O5/c29-21-4-2-1-3-20(21)27-35-24(25(40-27)28(30,31)32)26(39)33-14-13-22(36)34-19-11-9-18(10-12-19)17-7-5-16(6-8-17)15-23(37)38/h1-4,9-12,16-17H,5-8,13-15H2,(H,33,39)(H,34,36)(H,37,38)/t16-,17-. The summed E-state index contributed by atoms with van der Waals surface area (Å²) in [5, 5.41) is 13.9. The van der Waals surface area contributed by atoms with Crippen LogP contribution in [-0.2, 0) is 15.8 Å². The highest BCUT2D eigenvalue weighted by molar-refractivity contribution is 5.95. The molecule has 1 aliphatic rings. The van der Waals surface area contributed by atoms with Crippen LogP contribution in [0, 0.1) is 11.7 Å². The van der Waals surface area contributed by atoms with Crippen molar-refractivity contribution in [2.45, 2.75) is 50.6 Å². The first-order valence-electron chi connectivity index (χ1n) is 12.7. The molecule has 12 heteroatoms. The summed E-state index contributed by atoms with van der Waals surface area (Å²) in [5.41, 5.74) is 0.231. The Labute approximate surface area is 226 Å². The van der Waals surface area contributed by atoms with E-state index in [-0.39, 0.29) is 30.9 Å². The number of aromatic nitrogens is 1. The number of hydrogen-bond donors (Lipinski definition) is 3. The maximum atomic E-state index is 14.0. The molecule has 0 unspecified atom stereocenters. The van der Waals surface area contributed by atoms with Crippen molar-refractivity contribution in [3.63, 3.8) is 0 Å². The van der Waals surface area contributed by atoms with Crippen LogP contribution < -0.4 is 10.6 Å². The van der Waals surface area contributed by atoms with Gasteiger partial charge in [0.25, 0.3) is 5.91 Å². The highest BCUT2D eigenvalue weighted by Crippen LogP contribution is 2.38. The Balaban J connectivity index is 1.29. The van der Waals surface area contributed by atoms with Crippen molar-refractivity contribution in [2.24, 2.45) is 5.92 Å². The number of carboxylic acids is 1. The molecule has 212 valence electrons. The van der Waals surface area contributed by atoms with Crippen molar-refractivity contribution in [1.82, 2.24) is 10.3 Å². The Morgan fingerprint density at radius 3 is 2.30 bits per heavy atom. The van der Waals surface area contributed by atoms with Gasteiger partial charge in [0.1, 0.15) is 5.82 Å². The zero-order chi connectivity index (χ0) is 28.9. The Hall–Kier alpha value is -4.22. The number of halogens is 4. The molecule has 0 atom stereocenters. The largest absolute Gasteiger partial charge is 0.481 e. The number of rotatable bonds is 9. The van der Waals surface area contributed by atoms with Gasteiger partial charge >= 0.3 is 12.1 Å². The van der Waals surface area contributed by atoms with Crippen LogP contribution in [-0.4, -0.2) is 34.4 Å². The average Bonchev–Trinajstić information content (AvgIpc) is 3.36. The Kier molecular flexibility index (Phi) is 8.86. The number of oxazole rings is 1. The monoisotopic (exact) mass is 561 g/mol. The fourth-order valence-corrected chi connectivity index (χ4v) is 4.80. The highest BCUT2D eigenvalue weighted by atomic mass is 19.4. The summed E-state index contributed by atoms with van der Waals surface area (Å²) in [7, 11) is 0. The van der Waals surface area contributed by atoms with Gasteiger partial charge in [-0.25, -0.2) is 9.37 Å². The van der Waals surface area contributed by atoms with E-state index < -0.39 is 47.1 Å². The van der Waals surface area contributed by atoms with Crippen LogP contribution in [0.3, 0.4) is 0 Å². The van der Waals surface area contributed by atoms with E-state index in [0.717, 1.165) is 37.3 Å². The van der Waals surface area contributed by atoms with E-state index in [9.17, 15) is 31.9 Å². The molecule has 0 spiro atoms. The third kappa shape index (κ3) is 7.25. The van der Waals surface area contributed by atoms with Gasteiger partial charge in [-0.1, -0.05) is 24.3 Å². The van der Waals surface area contributed by atoms with E-state index in [1.54, 1.807) is 12.1 Å². The van der Waals surface area contributed by atoms with Crippen LogP contribution in [0.15, 0.2) is 52.9 Å². The summed E-state index contributed by atoms with van der Waals surface area (Å²) in [4.78, 5) is 39.3. The second-order valence-electron chi connectivity index (χ2n) is 9.67. The number of carbonyl (C=O) groups excluding carboxylic acids is 2. The summed E-state index contributed by atoms with van der Waals surface area (Å²) in [6.45, 7) is -0.276. The molecule has 1 heterocycles. The van der Waals surface area contributed by atoms with Crippen LogP contribution in [0.5, 0.6) is 0 Å². The molecule has 40 heavy (non-hydrogen) atoms. The van der Waals surface area contributed by atoms with Crippen molar-refractivity contribution in [2.75, 3.05) is 11.9 Å². The molecule has 2 aromatic carbocycles. The zero-order valence-corrected chi connectivity index (χ0v) is 21.3. The van der Waals surface area contributed by atoms with Crippen LogP contribution in [0.25, 0.3) is 11.5 Å². The van der Waals surface area contributed by atoms with E-state index in [1.807, 2.05) is 12.1 Å². The Bertz CT molecular complexity index is 1360. The zero-order valence-electron chi connectivity index (χ0n) is 21.3. The second kappa shape index (κ2) is 12.3. The van der Waals surface area contributed by atoms with E-state index in [0.29, 0.717) is 11.6 Å². The molecule has 0 aliphatic heterocycles. The van der Waals surface area contributed by atoms with Crippen molar-refractivity contribution < 1.29 is 41.5 Å². The summed E-state index contributed by atoms with van der Waals surface area (Å²) in [6, 6.07) is 12.2. The molecule has 1 aliphatic carbocycles. The minimum absolute atomic E-state index is 0.189. The van der Waals surface area contributed by atoms with Gasteiger partial charge in [-0.05, 0) is 67.3 Å². The summed E-state index contributed by atoms with van der Waals surface area (Å²) in [6.07, 6.45) is -1.59. The van der Waals surface area contributed by atoms with E-state index in [4.69, 9.17) is 9.52 Å². The number of carboxylic acid groups (broad SMARTS) is 1. The Morgan fingerprint density at radius 2 is 1.68 bits per heavy atom. The van der Waals surface area contributed by atoms with Gasteiger partial charge < -0.3 is 20.2 Å². The average molecular weight is 562 g/mol. The molecule has 0 saturated heterocycles. The lowest BCUT2D eigenvalue weighted by atomic mass is 9.77. The van der Waals surface area contributed by atoms with Crippen LogP contribution >= 0.6 is 0 Å². The number of aliphatic carboxylic acids is 1. The SMILES string of the molecule is O=C(O)C[C@H]1CC[C@H](c2ccc(NC(=O)CCNC(=O)c3nc(-c4ccccc4F)oc3C(F)(F)F)cc2)CC1. The van der Waals surface area contributed by atoms with Crippen LogP contribution in [0.4, 0.5) is 23.2 Å². The third-order valence-corrected chi connectivity index (χ3v) is 6.82. The summed E-state index contributed by atoms with van der Waals surface area (Å²) < 4.78 is 59.1. The third-order valence-electron chi connectivity index (χ3n) is 6.82. The van der Waals surface area contributed by atoms with Crippen LogP contribution in [0.1, 0.15) is 66.3 Å². The molecule has 0 bridgehead atoms. The fourth-order valence-electron chi connectivity index (χ4n) is 4.80. The molecule has 0 radical (unpaired) electrons. The number of carbonyl (C=O) groups is 3. The first-order valence-corrected chi connectivity index (χ1v) is 12.7. The van der Waals surface area contributed by atoms with Crippen molar-refractivity contribution >= 4 is 23.5 Å². The first kappa shape index (κ1) is 28.8. The second-order valence-corrected chi connectivity index (χ2v) is 9.67. The molecular weight excluding hydrogens is 534 g/mol. The molecular formula is C28H27F4N3O5. The van der Waals surface area contributed by atoms with Crippen LogP contribution in [0.2, 0.25) is 0 Å². The van der Waals surface area contributed by atoms with Gasteiger partial charge in [-0.2, -0.15) is 13.2 Å². The van der Waals surface area contributed by atoms with Gasteiger partial charge in [0, 0.05) is 25.1 Å². The predicted octanol–water partition coefficient (Wildman–Crippen LogP) is 6.01. The molecule has 3 N–H and O–H groups in total. The lowest BCUT2D eigenvalue weighted by Gasteiger charge is -2.28. The Morgan fingerprint density at radius 1 is 1.00 bits per heavy atom. The number of benzene rings is 2. The van der Waals surface area contributed by atoms with Gasteiger partial charge in [0.15, 0.2) is 5.69 Å². The fraction of sp³-hybridized carbons (Fsp3) is 0.357. The van der Waals surface area contributed by atoms with Gasteiger partial charge in [-0.15, -0.1) is 0 Å². The van der Waals surface area contributed by atoms with E-state index in [1.165, 1.54) is 18.2 Å². The first-order chi connectivity index (χ1) is 19.0. The molecule has 8 nitrogen and oxygen atoms in total. The topological polar surface area (TPSA) is 122 Å². The van der Waals surface area contributed by atoms with Gasteiger partial charge in [-0.3, -0.25) is 14.4 Å². The molecule has 1 aromatic heterocycles. The summed E-state index contributed by atoms with van der Waals surface area (Å²) in [5.74, 6) is -5.15. The van der Waals surface area contributed by atoms with Gasteiger partial charge in [0.05, 0.1) is 5.56 Å².